The Morgan fingerprint density at radius 1 is 1.78 bits per heavy atom. The Morgan fingerprint density at radius 3 is 2.89 bits per heavy atom. The summed E-state index contributed by atoms with van der Waals surface area (Å²) >= 11 is 0. The van der Waals surface area contributed by atoms with E-state index >= 15 is 0 Å². The molecule has 0 rings (SSSR count). The SMILES string of the molecule is CCOC(=O)NCCN. The standard InChI is InChI=1S/C5H12N2O2/c1-2-9-5(8)7-4-3-6/h2-4,6H2,1H3,(H,7,8). The van der Waals surface area contributed by atoms with Crippen molar-refractivity contribution in [3.8, 4) is 0 Å². The first-order chi connectivity index (χ1) is 4.31. The van der Waals surface area contributed by atoms with Gasteiger partial charge in [-0.15, -0.1) is 0 Å². The molecule has 0 spiro atoms. The summed E-state index contributed by atoms with van der Waals surface area (Å²) in [6, 6.07) is 0. The summed E-state index contributed by atoms with van der Waals surface area (Å²) in [4.78, 5) is 10.4. The predicted molar refractivity (Wildman–Crippen MR) is 34.1 cm³/mol. The van der Waals surface area contributed by atoms with Gasteiger partial charge in [-0.05, 0) is 6.92 Å². The van der Waals surface area contributed by atoms with Crippen LogP contribution in [0, 0.1) is 0 Å². The molecule has 0 aliphatic heterocycles. The maximum absolute atomic E-state index is 10.4. The Balaban J connectivity index is 3.06. The minimum atomic E-state index is -0.400. The maximum atomic E-state index is 10.4. The van der Waals surface area contributed by atoms with Crippen LogP contribution < -0.4 is 11.1 Å². The van der Waals surface area contributed by atoms with Crippen LogP contribution in [-0.2, 0) is 4.74 Å². The van der Waals surface area contributed by atoms with Crippen molar-refractivity contribution in [1.29, 1.82) is 0 Å². The second-order valence-electron chi connectivity index (χ2n) is 1.44. The van der Waals surface area contributed by atoms with Crippen LogP contribution in [0.4, 0.5) is 4.79 Å². The van der Waals surface area contributed by atoms with E-state index < -0.39 is 6.09 Å². The van der Waals surface area contributed by atoms with Gasteiger partial charge in [0.15, 0.2) is 0 Å². The number of carbonyl (C=O) groups excluding carboxylic acids is 1. The van der Waals surface area contributed by atoms with Crippen molar-refractivity contribution < 1.29 is 9.53 Å². The van der Waals surface area contributed by atoms with E-state index in [1.54, 1.807) is 6.92 Å². The van der Waals surface area contributed by atoms with Crippen LogP contribution in [0.1, 0.15) is 6.92 Å². The average Bonchev–Trinajstić information content (AvgIpc) is 1.85. The molecule has 3 N–H and O–H groups in total. The summed E-state index contributed by atoms with van der Waals surface area (Å²) in [5.74, 6) is 0. The number of alkyl carbamates (subject to hydrolysis) is 1. The van der Waals surface area contributed by atoms with Crippen LogP contribution in [0.5, 0.6) is 0 Å². The molecule has 0 bridgehead atoms. The molecule has 9 heavy (non-hydrogen) atoms. The maximum Gasteiger partial charge on any atom is 0.407 e. The summed E-state index contributed by atoms with van der Waals surface area (Å²) in [6.07, 6.45) is -0.400. The van der Waals surface area contributed by atoms with Crippen LogP contribution in [0.2, 0.25) is 0 Å². The normalized spacial score (nSPS) is 8.67. The second-order valence-corrected chi connectivity index (χ2v) is 1.44. The van der Waals surface area contributed by atoms with Gasteiger partial charge in [-0.3, -0.25) is 0 Å². The van der Waals surface area contributed by atoms with Crippen molar-refractivity contribution in [2.45, 2.75) is 6.92 Å². The number of nitrogens with one attached hydrogen (secondary N) is 1. The topological polar surface area (TPSA) is 64.3 Å². The molecule has 0 radical (unpaired) electrons. The third kappa shape index (κ3) is 5.10. The molecule has 0 atom stereocenters. The molecule has 0 heterocycles. The van der Waals surface area contributed by atoms with Gasteiger partial charge in [0, 0.05) is 13.1 Å². The average molecular weight is 132 g/mol. The molecular formula is C5H12N2O2. The molecule has 0 unspecified atom stereocenters. The molecule has 0 saturated carbocycles. The second kappa shape index (κ2) is 5.37. The number of nitrogens with two attached hydrogens (primary N) is 1. The largest absolute Gasteiger partial charge is 0.450 e. The molecule has 0 aliphatic carbocycles. The summed E-state index contributed by atoms with van der Waals surface area (Å²) in [6.45, 7) is 3.07. The highest BCUT2D eigenvalue weighted by Gasteiger charge is 1.94. The quantitative estimate of drug-likeness (QED) is 0.553. The van der Waals surface area contributed by atoms with Gasteiger partial charge in [-0.1, -0.05) is 0 Å². The van der Waals surface area contributed by atoms with Crippen LogP contribution in [0.25, 0.3) is 0 Å². The lowest BCUT2D eigenvalue weighted by molar-refractivity contribution is 0.152. The zero-order chi connectivity index (χ0) is 7.11. The van der Waals surface area contributed by atoms with Gasteiger partial charge in [0.05, 0.1) is 6.61 Å². The molecule has 4 heteroatoms. The minimum Gasteiger partial charge on any atom is -0.450 e. The monoisotopic (exact) mass is 132 g/mol. The Morgan fingerprint density at radius 2 is 2.44 bits per heavy atom. The number of hydrogen-bond donors (Lipinski definition) is 2. The number of amides is 1. The van der Waals surface area contributed by atoms with Gasteiger partial charge in [0.2, 0.25) is 0 Å². The Bertz CT molecular complexity index is 85.0. The highest BCUT2D eigenvalue weighted by atomic mass is 16.5. The van der Waals surface area contributed by atoms with Crippen LogP contribution in [0.15, 0.2) is 0 Å². The number of hydrogen-bond acceptors (Lipinski definition) is 3. The third-order valence-electron chi connectivity index (χ3n) is 0.689. The van der Waals surface area contributed by atoms with E-state index in [0.717, 1.165) is 0 Å². The molecule has 0 aromatic carbocycles. The van der Waals surface area contributed by atoms with Crippen LogP contribution in [0.3, 0.4) is 0 Å². The van der Waals surface area contributed by atoms with E-state index in [1.807, 2.05) is 0 Å². The Labute approximate surface area is 54.4 Å². The lowest BCUT2D eigenvalue weighted by Gasteiger charge is -2.01. The summed E-state index contributed by atoms with van der Waals surface area (Å²) in [5, 5.41) is 2.45. The predicted octanol–water partition coefficient (Wildman–Crippen LogP) is -0.309. The number of rotatable bonds is 3. The van der Waals surface area contributed by atoms with E-state index in [1.165, 1.54) is 0 Å². The summed E-state index contributed by atoms with van der Waals surface area (Å²) in [7, 11) is 0. The van der Waals surface area contributed by atoms with Crippen molar-refractivity contribution in [2.24, 2.45) is 5.73 Å². The van der Waals surface area contributed by atoms with Gasteiger partial charge in [0.25, 0.3) is 0 Å². The van der Waals surface area contributed by atoms with Gasteiger partial charge in [0.1, 0.15) is 0 Å². The minimum absolute atomic E-state index is 0.399. The Hall–Kier alpha value is -0.770. The lowest BCUT2D eigenvalue weighted by atomic mass is 10.6. The van der Waals surface area contributed by atoms with Gasteiger partial charge < -0.3 is 15.8 Å². The molecule has 4 nitrogen and oxygen atoms in total. The lowest BCUT2D eigenvalue weighted by Crippen LogP contribution is -2.29. The van der Waals surface area contributed by atoms with Crippen molar-refractivity contribution in [3.05, 3.63) is 0 Å². The molecule has 0 aromatic rings. The van der Waals surface area contributed by atoms with Crippen LogP contribution in [-0.4, -0.2) is 25.8 Å². The number of carbonyl (C=O) groups is 1. The Kier molecular flexibility index (Phi) is 4.91. The number of ether oxygens (including phenoxy) is 1. The van der Waals surface area contributed by atoms with Gasteiger partial charge >= 0.3 is 6.09 Å². The zero-order valence-electron chi connectivity index (χ0n) is 5.52. The van der Waals surface area contributed by atoms with Gasteiger partial charge in [-0.25, -0.2) is 4.79 Å². The fourth-order valence-corrected chi connectivity index (χ4v) is 0.356. The highest BCUT2D eigenvalue weighted by molar-refractivity contribution is 5.66. The first-order valence-electron chi connectivity index (χ1n) is 2.92. The zero-order valence-corrected chi connectivity index (χ0v) is 5.52. The van der Waals surface area contributed by atoms with Crippen molar-refractivity contribution in [3.63, 3.8) is 0 Å². The molecule has 54 valence electrons. The fraction of sp³-hybridized carbons (Fsp3) is 0.800. The van der Waals surface area contributed by atoms with Crippen LogP contribution >= 0.6 is 0 Å². The van der Waals surface area contributed by atoms with E-state index in [4.69, 9.17) is 5.73 Å². The molecule has 0 aromatic heterocycles. The highest BCUT2D eigenvalue weighted by Crippen LogP contribution is 1.72. The fourth-order valence-electron chi connectivity index (χ4n) is 0.356. The summed E-state index contributed by atoms with van der Waals surface area (Å²) in [5.41, 5.74) is 5.10. The molecular weight excluding hydrogens is 120 g/mol. The van der Waals surface area contributed by atoms with E-state index in [9.17, 15) is 4.79 Å². The molecule has 0 fully saturated rings. The molecule has 0 saturated heterocycles. The first kappa shape index (κ1) is 8.23. The van der Waals surface area contributed by atoms with Crippen molar-refractivity contribution in [1.82, 2.24) is 5.32 Å². The smallest absolute Gasteiger partial charge is 0.407 e. The van der Waals surface area contributed by atoms with Crippen molar-refractivity contribution in [2.75, 3.05) is 19.7 Å². The first-order valence-corrected chi connectivity index (χ1v) is 2.92. The van der Waals surface area contributed by atoms with E-state index in [0.29, 0.717) is 19.7 Å². The third-order valence-corrected chi connectivity index (χ3v) is 0.689. The van der Waals surface area contributed by atoms with E-state index in [-0.39, 0.29) is 0 Å². The molecule has 1 amide bonds. The summed E-state index contributed by atoms with van der Waals surface area (Å²) < 4.78 is 4.54. The molecule has 0 aliphatic rings. The van der Waals surface area contributed by atoms with Gasteiger partial charge in [-0.2, -0.15) is 0 Å². The van der Waals surface area contributed by atoms with Crippen molar-refractivity contribution >= 4 is 6.09 Å². The van der Waals surface area contributed by atoms with E-state index in [2.05, 4.69) is 10.1 Å².